The van der Waals surface area contributed by atoms with Crippen LogP contribution in [0.3, 0.4) is 0 Å². The Morgan fingerprint density at radius 1 is 1.16 bits per heavy atom. The molecule has 0 aliphatic carbocycles. The Kier molecular flexibility index (Phi) is 9.04. The molecular weight excluding hydrogens is 457 g/mol. The summed E-state index contributed by atoms with van der Waals surface area (Å²) in [7, 11) is 0. The molecule has 3 rings (SSSR count). The Morgan fingerprint density at radius 2 is 1.94 bits per heavy atom. The van der Waals surface area contributed by atoms with Gasteiger partial charge in [0.2, 0.25) is 11.8 Å². The van der Waals surface area contributed by atoms with E-state index >= 15 is 0 Å². The molecule has 31 heavy (non-hydrogen) atoms. The van der Waals surface area contributed by atoms with Crippen LogP contribution in [0, 0.1) is 0 Å². The molecule has 2 aromatic rings. The van der Waals surface area contributed by atoms with Gasteiger partial charge in [0.1, 0.15) is 0 Å². The number of hydrogen-bond donors (Lipinski definition) is 2. The van der Waals surface area contributed by atoms with Crippen LogP contribution >= 0.6 is 35.0 Å². The highest BCUT2D eigenvalue weighted by Crippen LogP contribution is 2.24. The van der Waals surface area contributed by atoms with Crippen molar-refractivity contribution in [3.8, 4) is 0 Å². The number of thioether (sulfide) groups is 1. The van der Waals surface area contributed by atoms with Crippen LogP contribution in [-0.4, -0.2) is 54.8 Å². The van der Waals surface area contributed by atoms with Gasteiger partial charge in [-0.25, -0.2) is 0 Å². The van der Waals surface area contributed by atoms with Crippen molar-refractivity contribution in [3.63, 3.8) is 0 Å². The van der Waals surface area contributed by atoms with E-state index in [4.69, 9.17) is 27.9 Å². The van der Waals surface area contributed by atoms with Crippen molar-refractivity contribution in [2.75, 3.05) is 37.3 Å². The first-order chi connectivity index (χ1) is 14.9. The minimum absolute atomic E-state index is 0.0406. The maximum Gasteiger partial charge on any atom is 0.230 e. The van der Waals surface area contributed by atoms with Crippen LogP contribution in [0.2, 0.25) is 10.0 Å². The first-order valence-corrected chi connectivity index (χ1v) is 11.7. The van der Waals surface area contributed by atoms with Gasteiger partial charge in [-0.05, 0) is 42.0 Å². The van der Waals surface area contributed by atoms with Gasteiger partial charge in [0.15, 0.2) is 0 Å². The molecule has 1 fully saturated rings. The van der Waals surface area contributed by atoms with E-state index in [1.165, 1.54) is 18.7 Å². The molecule has 0 aromatic heterocycles. The molecule has 2 aromatic carbocycles. The fourth-order valence-corrected chi connectivity index (χ4v) is 4.26. The molecule has 9 heteroatoms. The molecule has 2 amide bonds. The zero-order valence-electron chi connectivity index (χ0n) is 17.2. The van der Waals surface area contributed by atoms with Crippen molar-refractivity contribution >= 4 is 52.5 Å². The molecule has 1 heterocycles. The van der Waals surface area contributed by atoms with E-state index in [1.54, 1.807) is 0 Å². The summed E-state index contributed by atoms with van der Waals surface area (Å²) in [6.45, 7) is 4.88. The van der Waals surface area contributed by atoms with Crippen molar-refractivity contribution in [3.05, 3.63) is 58.1 Å². The van der Waals surface area contributed by atoms with Gasteiger partial charge in [0, 0.05) is 43.7 Å². The lowest BCUT2D eigenvalue weighted by Crippen LogP contribution is -2.47. The molecule has 1 aliphatic rings. The van der Waals surface area contributed by atoms with E-state index in [0.717, 1.165) is 35.8 Å². The van der Waals surface area contributed by atoms with Gasteiger partial charge in [-0.3, -0.25) is 14.5 Å². The third kappa shape index (κ3) is 8.01. The van der Waals surface area contributed by atoms with Gasteiger partial charge < -0.3 is 15.4 Å². The van der Waals surface area contributed by atoms with E-state index < -0.39 is 0 Å². The average molecular weight is 482 g/mol. The number of ether oxygens (including phenoxy) is 1. The molecule has 1 aliphatic heterocycles. The SMILES string of the molecule is CC(=O)Nc1ccc(SCC(=O)NCC2CN(Cc3ccc(Cl)c(Cl)c3)CCO2)cc1. The maximum absolute atomic E-state index is 12.2. The van der Waals surface area contributed by atoms with E-state index in [1.807, 2.05) is 42.5 Å². The molecule has 0 radical (unpaired) electrons. The summed E-state index contributed by atoms with van der Waals surface area (Å²) in [5.41, 5.74) is 1.83. The monoisotopic (exact) mass is 481 g/mol. The minimum atomic E-state index is -0.111. The molecule has 1 saturated heterocycles. The van der Waals surface area contributed by atoms with Crippen molar-refractivity contribution < 1.29 is 14.3 Å². The number of benzene rings is 2. The second kappa shape index (κ2) is 11.7. The zero-order valence-corrected chi connectivity index (χ0v) is 19.5. The number of nitrogens with one attached hydrogen (secondary N) is 2. The molecule has 166 valence electrons. The quantitative estimate of drug-likeness (QED) is 0.556. The number of anilines is 1. The lowest BCUT2D eigenvalue weighted by molar-refractivity contribution is -0.119. The van der Waals surface area contributed by atoms with Crippen molar-refractivity contribution in [2.45, 2.75) is 24.5 Å². The Bertz CT molecular complexity index is 911. The Morgan fingerprint density at radius 3 is 2.65 bits per heavy atom. The van der Waals surface area contributed by atoms with Gasteiger partial charge in [-0.15, -0.1) is 11.8 Å². The highest BCUT2D eigenvalue weighted by Gasteiger charge is 2.21. The van der Waals surface area contributed by atoms with Crippen molar-refractivity contribution in [1.82, 2.24) is 10.2 Å². The Labute approximate surface area is 196 Å². The third-order valence-corrected chi connectivity index (χ3v) is 6.44. The number of rotatable bonds is 8. The van der Waals surface area contributed by atoms with E-state index in [9.17, 15) is 9.59 Å². The molecule has 2 N–H and O–H groups in total. The highest BCUT2D eigenvalue weighted by atomic mass is 35.5. The molecule has 1 unspecified atom stereocenters. The Hall–Kier alpha value is -1.77. The topological polar surface area (TPSA) is 70.7 Å². The standard InChI is InChI=1S/C22H25Cl2N3O3S/c1-15(28)26-17-3-5-19(6-4-17)31-14-22(29)25-11-18-13-27(8-9-30-18)12-16-2-7-20(23)21(24)10-16/h2-7,10,18H,8-9,11-14H2,1H3,(H,25,29)(H,26,28). The third-order valence-electron chi connectivity index (χ3n) is 4.68. The molecule has 6 nitrogen and oxygen atoms in total. The van der Waals surface area contributed by atoms with Gasteiger partial charge in [0.25, 0.3) is 0 Å². The summed E-state index contributed by atoms with van der Waals surface area (Å²) >= 11 is 13.5. The maximum atomic E-state index is 12.2. The van der Waals surface area contributed by atoms with Gasteiger partial charge in [-0.2, -0.15) is 0 Å². The number of carbonyl (C=O) groups excluding carboxylic acids is 2. The van der Waals surface area contributed by atoms with E-state index in [-0.39, 0.29) is 17.9 Å². The summed E-state index contributed by atoms with van der Waals surface area (Å²) < 4.78 is 5.80. The fraction of sp³-hybridized carbons (Fsp3) is 0.364. The Balaban J connectivity index is 1.39. The summed E-state index contributed by atoms with van der Waals surface area (Å²) in [6, 6.07) is 13.1. The van der Waals surface area contributed by atoms with Gasteiger partial charge in [-0.1, -0.05) is 29.3 Å². The number of hydrogen-bond acceptors (Lipinski definition) is 5. The summed E-state index contributed by atoms with van der Waals surface area (Å²) in [4.78, 5) is 26.5. The predicted octanol–water partition coefficient (Wildman–Crippen LogP) is 4.06. The van der Waals surface area contributed by atoms with Crippen LogP contribution in [0.25, 0.3) is 0 Å². The molecule has 0 saturated carbocycles. The van der Waals surface area contributed by atoms with Crippen LogP contribution in [0.5, 0.6) is 0 Å². The first kappa shape index (κ1) is 23.9. The summed E-state index contributed by atoms with van der Waals surface area (Å²) in [6.07, 6.45) is -0.0533. The van der Waals surface area contributed by atoms with Gasteiger partial charge >= 0.3 is 0 Å². The van der Waals surface area contributed by atoms with Crippen molar-refractivity contribution in [1.29, 1.82) is 0 Å². The van der Waals surface area contributed by atoms with Crippen molar-refractivity contribution in [2.24, 2.45) is 0 Å². The molecule has 0 bridgehead atoms. The van der Waals surface area contributed by atoms with E-state index in [2.05, 4.69) is 15.5 Å². The lowest BCUT2D eigenvalue weighted by Gasteiger charge is -2.33. The number of carbonyl (C=O) groups is 2. The average Bonchev–Trinajstić information content (AvgIpc) is 2.74. The minimum Gasteiger partial charge on any atom is -0.374 e. The smallest absolute Gasteiger partial charge is 0.230 e. The number of amides is 2. The van der Waals surface area contributed by atoms with E-state index in [0.29, 0.717) is 28.9 Å². The van der Waals surface area contributed by atoms with Crippen LogP contribution < -0.4 is 10.6 Å². The van der Waals surface area contributed by atoms with Gasteiger partial charge in [0.05, 0.1) is 28.5 Å². The number of halogens is 2. The number of nitrogens with zero attached hydrogens (tertiary/aromatic N) is 1. The molecular formula is C22H25Cl2N3O3S. The molecule has 1 atom stereocenters. The predicted molar refractivity (Wildman–Crippen MR) is 126 cm³/mol. The zero-order chi connectivity index (χ0) is 22.2. The van der Waals surface area contributed by atoms with Crippen LogP contribution in [0.4, 0.5) is 5.69 Å². The summed E-state index contributed by atoms with van der Waals surface area (Å²) in [5, 5.41) is 6.78. The fourth-order valence-electron chi connectivity index (χ4n) is 3.21. The largest absolute Gasteiger partial charge is 0.374 e. The lowest BCUT2D eigenvalue weighted by atomic mass is 10.2. The number of morpholine rings is 1. The second-order valence-electron chi connectivity index (χ2n) is 7.27. The highest BCUT2D eigenvalue weighted by molar-refractivity contribution is 8.00. The second-order valence-corrected chi connectivity index (χ2v) is 9.14. The van der Waals surface area contributed by atoms with Crippen LogP contribution in [0.15, 0.2) is 47.4 Å². The van der Waals surface area contributed by atoms with Crippen LogP contribution in [-0.2, 0) is 20.9 Å². The normalized spacial score (nSPS) is 16.7. The summed E-state index contributed by atoms with van der Waals surface area (Å²) in [5.74, 6) is 0.167. The first-order valence-electron chi connectivity index (χ1n) is 9.94. The van der Waals surface area contributed by atoms with Crippen LogP contribution in [0.1, 0.15) is 12.5 Å². The molecule has 0 spiro atoms.